The number of amides is 1. The summed E-state index contributed by atoms with van der Waals surface area (Å²) < 4.78 is 5.44. The molecule has 31 heavy (non-hydrogen) atoms. The number of benzene rings is 1. The molecule has 3 rings (SSSR count). The number of ether oxygens (including phenoxy) is 1. The van der Waals surface area contributed by atoms with E-state index in [0.29, 0.717) is 42.4 Å². The molecule has 0 atom stereocenters. The number of hydrogen-bond donors (Lipinski definition) is 2. The van der Waals surface area contributed by atoms with Crippen molar-refractivity contribution in [2.45, 2.75) is 52.6 Å². The number of ketones is 1. The van der Waals surface area contributed by atoms with Gasteiger partial charge in [-0.1, -0.05) is 12.1 Å². The summed E-state index contributed by atoms with van der Waals surface area (Å²) in [6.45, 7) is 8.30. The van der Waals surface area contributed by atoms with Crippen molar-refractivity contribution in [3.8, 4) is 11.3 Å². The number of aromatic carboxylic acids is 1. The summed E-state index contributed by atoms with van der Waals surface area (Å²) in [6, 6.07) is 6.33. The van der Waals surface area contributed by atoms with Crippen molar-refractivity contribution >= 4 is 17.8 Å². The molecular weight excluding hydrogens is 398 g/mol. The van der Waals surface area contributed by atoms with Crippen LogP contribution >= 0.6 is 0 Å². The second kappa shape index (κ2) is 8.91. The molecule has 1 aliphatic heterocycles. The van der Waals surface area contributed by atoms with Crippen LogP contribution in [0.4, 0.5) is 4.79 Å². The molecule has 2 aromatic rings. The van der Waals surface area contributed by atoms with Crippen LogP contribution in [0.5, 0.6) is 0 Å². The third kappa shape index (κ3) is 5.71. The van der Waals surface area contributed by atoms with Gasteiger partial charge in [0.2, 0.25) is 0 Å². The van der Waals surface area contributed by atoms with E-state index in [-0.39, 0.29) is 17.4 Å². The van der Waals surface area contributed by atoms with E-state index in [1.165, 1.54) is 19.1 Å². The van der Waals surface area contributed by atoms with Crippen molar-refractivity contribution in [1.29, 1.82) is 0 Å². The molecular formula is C23H29N3O5. The summed E-state index contributed by atoms with van der Waals surface area (Å²) in [5.74, 6) is -0.0697. The lowest BCUT2D eigenvalue weighted by Crippen LogP contribution is -2.42. The molecule has 1 aromatic heterocycles. The first-order valence-corrected chi connectivity index (χ1v) is 10.4. The molecule has 0 spiro atoms. The Hall–Kier alpha value is -3.16. The van der Waals surface area contributed by atoms with Crippen LogP contribution in [0.2, 0.25) is 0 Å². The predicted octanol–water partition coefficient (Wildman–Crippen LogP) is 4.17. The number of aromatic amines is 1. The van der Waals surface area contributed by atoms with Gasteiger partial charge in [-0.3, -0.25) is 4.79 Å². The van der Waals surface area contributed by atoms with E-state index in [9.17, 15) is 14.4 Å². The van der Waals surface area contributed by atoms with Gasteiger partial charge in [-0.25, -0.2) is 14.6 Å². The Morgan fingerprint density at radius 1 is 1.16 bits per heavy atom. The molecule has 1 aliphatic rings. The van der Waals surface area contributed by atoms with Gasteiger partial charge in [-0.2, -0.15) is 0 Å². The van der Waals surface area contributed by atoms with Crippen molar-refractivity contribution < 1.29 is 24.2 Å². The van der Waals surface area contributed by atoms with Gasteiger partial charge in [0.25, 0.3) is 0 Å². The Balaban J connectivity index is 1.68. The molecule has 2 heterocycles. The number of likely N-dealkylation sites (tertiary alicyclic amines) is 1. The van der Waals surface area contributed by atoms with E-state index in [1.54, 1.807) is 17.0 Å². The molecule has 0 radical (unpaired) electrons. The number of carboxylic acids is 1. The summed E-state index contributed by atoms with van der Waals surface area (Å²) in [6.07, 6.45) is 2.06. The normalized spacial score (nSPS) is 15.0. The highest BCUT2D eigenvalue weighted by atomic mass is 16.6. The first-order valence-electron chi connectivity index (χ1n) is 10.4. The number of aromatic nitrogens is 2. The zero-order chi connectivity index (χ0) is 22.8. The minimum atomic E-state index is -1.00. The summed E-state index contributed by atoms with van der Waals surface area (Å²) in [5.41, 5.74) is 1.32. The molecule has 8 heteroatoms. The van der Waals surface area contributed by atoms with Crippen molar-refractivity contribution in [2.24, 2.45) is 5.92 Å². The average molecular weight is 428 g/mol. The predicted molar refractivity (Wildman–Crippen MR) is 115 cm³/mol. The Bertz CT molecular complexity index is 964. The Morgan fingerprint density at radius 3 is 2.29 bits per heavy atom. The number of carbonyl (C=O) groups is 3. The van der Waals surface area contributed by atoms with Gasteiger partial charge in [0.1, 0.15) is 17.1 Å². The van der Waals surface area contributed by atoms with E-state index in [4.69, 9.17) is 9.84 Å². The lowest BCUT2D eigenvalue weighted by molar-refractivity contribution is 0.0183. The second-order valence-electron chi connectivity index (χ2n) is 8.96. The van der Waals surface area contributed by atoms with Gasteiger partial charge < -0.3 is 19.7 Å². The van der Waals surface area contributed by atoms with Crippen LogP contribution in [0, 0.1) is 5.92 Å². The monoisotopic (exact) mass is 427 g/mol. The van der Waals surface area contributed by atoms with Gasteiger partial charge in [-0.15, -0.1) is 0 Å². The highest BCUT2D eigenvalue weighted by molar-refractivity contribution is 5.98. The topological polar surface area (TPSA) is 113 Å². The molecule has 2 N–H and O–H groups in total. The number of imidazole rings is 1. The van der Waals surface area contributed by atoms with Gasteiger partial charge in [0.05, 0.1) is 11.3 Å². The first kappa shape index (κ1) is 22.5. The lowest BCUT2D eigenvalue weighted by Gasteiger charge is -2.33. The summed E-state index contributed by atoms with van der Waals surface area (Å²) in [7, 11) is 0. The maximum absolute atomic E-state index is 12.2. The number of hydrogen-bond acceptors (Lipinski definition) is 5. The molecule has 166 valence electrons. The van der Waals surface area contributed by atoms with Gasteiger partial charge in [0, 0.05) is 32.0 Å². The standard InChI is InChI=1S/C23H29N3O5/c1-14(27)19-20(16-5-7-17(8-6-16)21(28)29)25-18(24-19)13-15-9-11-26(12-10-15)22(30)31-23(2,3)4/h5-8,15H,9-13H2,1-4H3,(H,24,25)(H,28,29). The third-order valence-electron chi connectivity index (χ3n) is 5.26. The summed E-state index contributed by atoms with van der Waals surface area (Å²) in [5, 5.41) is 9.08. The molecule has 1 fully saturated rings. The number of nitrogens with one attached hydrogen (secondary N) is 1. The smallest absolute Gasteiger partial charge is 0.410 e. The van der Waals surface area contributed by atoms with E-state index < -0.39 is 11.6 Å². The van der Waals surface area contributed by atoms with E-state index in [2.05, 4.69) is 9.97 Å². The van der Waals surface area contributed by atoms with Gasteiger partial charge in [0.15, 0.2) is 5.78 Å². The highest BCUT2D eigenvalue weighted by Crippen LogP contribution is 2.27. The second-order valence-corrected chi connectivity index (χ2v) is 8.96. The average Bonchev–Trinajstić information content (AvgIpc) is 3.11. The first-order chi connectivity index (χ1) is 14.5. The summed E-state index contributed by atoms with van der Waals surface area (Å²) >= 11 is 0. The van der Waals surface area contributed by atoms with Crippen molar-refractivity contribution in [3.63, 3.8) is 0 Å². The number of carboxylic acid groups (broad SMARTS) is 1. The van der Waals surface area contributed by atoms with Crippen LogP contribution in [0.1, 0.15) is 67.2 Å². The zero-order valence-electron chi connectivity index (χ0n) is 18.4. The van der Waals surface area contributed by atoms with Crippen LogP contribution in [0.25, 0.3) is 11.3 Å². The number of carbonyl (C=O) groups excluding carboxylic acids is 2. The van der Waals surface area contributed by atoms with E-state index in [0.717, 1.165) is 18.7 Å². The molecule has 8 nitrogen and oxygen atoms in total. The number of rotatable bonds is 5. The van der Waals surface area contributed by atoms with E-state index in [1.807, 2.05) is 20.8 Å². The molecule has 1 saturated heterocycles. The maximum atomic E-state index is 12.2. The molecule has 0 unspecified atom stereocenters. The summed E-state index contributed by atoms with van der Waals surface area (Å²) in [4.78, 5) is 45.0. The van der Waals surface area contributed by atoms with Crippen LogP contribution in [0.3, 0.4) is 0 Å². The SMILES string of the molecule is CC(=O)c1[nH]c(CC2CCN(C(=O)OC(C)(C)C)CC2)nc1-c1ccc(C(=O)O)cc1. The fourth-order valence-corrected chi connectivity index (χ4v) is 3.67. The number of Topliss-reactive ketones (excluding diaryl/α,β-unsaturated/α-hetero) is 1. The molecule has 0 saturated carbocycles. The van der Waals surface area contributed by atoms with Crippen LogP contribution < -0.4 is 0 Å². The van der Waals surface area contributed by atoms with Crippen molar-refractivity contribution in [2.75, 3.05) is 13.1 Å². The number of piperidine rings is 1. The Kier molecular flexibility index (Phi) is 6.48. The number of nitrogens with zero attached hydrogens (tertiary/aromatic N) is 2. The van der Waals surface area contributed by atoms with Crippen LogP contribution in [-0.2, 0) is 11.2 Å². The Morgan fingerprint density at radius 2 is 1.77 bits per heavy atom. The van der Waals surface area contributed by atoms with E-state index >= 15 is 0 Å². The van der Waals surface area contributed by atoms with Crippen molar-refractivity contribution in [3.05, 3.63) is 41.3 Å². The Labute approximate surface area is 181 Å². The van der Waals surface area contributed by atoms with Crippen LogP contribution in [0.15, 0.2) is 24.3 Å². The quantitative estimate of drug-likeness (QED) is 0.693. The van der Waals surface area contributed by atoms with Gasteiger partial charge in [-0.05, 0) is 51.7 Å². The zero-order valence-corrected chi connectivity index (χ0v) is 18.4. The minimum Gasteiger partial charge on any atom is -0.478 e. The van der Waals surface area contributed by atoms with Gasteiger partial charge >= 0.3 is 12.1 Å². The lowest BCUT2D eigenvalue weighted by atomic mass is 9.93. The van der Waals surface area contributed by atoms with Crippen molar-refractivity contribution in [1.82, 2.24) is 14.9 Å². The third-order valence-corrected chi connectivity index (χ3v) is 5.26. The fraction of sp³-hybridized carbons (Fsp3) is 0.478. The maximum Gasteiger partial charge on any atom is 0.410 e. The van der Waals surface area contributed by atoms with Crippen LogP contribution in [-0.4, -0.2) is 56.5 Å². The number of H-pyrrole nitrogens is 1. The molecule has 1 amide bonds. The molecule has 1 aromatic carbocycles. The molecule has 0 bridgehead atoms. The molecule has 0 aliphatic carbocycles. The minimum absolute atomic E-state index is 0.129. The largest absolute Gasteiger partial charge is 0.478 e. The highest BCUT2D eigenvalue weighted by Gasteiger charge is 2.28. The fourth-order valence-electron chi connectivity index (χ4n) is 3.67.